The minimum absolute atomic E-state index is 0.201. The molecule has 0 atom stereocenters. The van der Waals surface area contributed by atoms with E-state index in [0.29, 0.717) is 5.56 Å². The molecule has 0 aliphatic heterocycles. The molecule has 90 valence electrons. The lowest BCUT2D eigenvalue weighted by Crippen LogP contribution is -1.85. The van der Waals surface area contributed by atoms with Crippen LogP contribution in [0.3, 0.4) is 0 Å². The highest BCUT2D eigenvalue weighted by Gasteiger charge is 1.94. The summed E-state index contributed by atoms with van der Waals surface area (Å²) in [6.45, 7) is 2.02. The monoisotopic (exact) mass is 238 g/mol. The van der Waals surface area contributed by atoms with Gasteiger partial charge in [-0.25, -0.2) is 0 Å². The third kappa shape index (κ3) is 3.04. The maximum atomic E-state index is 9.53. The Labute approximate surface area is 106 Å². The van der Waals surface area contributed by atoms with E-state index in [1.807, 2.05) is 37.3 Å². The minimum Gasteiger partial charge on any atom is -0.507 e. The summed E-state index contributed by atoms with van der Waals surface area (Å²) < 4.78 is 0. The largest absolute Gasteiger partial charge is 0.507 e. The van der Waals surface area contributed by atoms with E-state index in [1.54, 1.807) is 24.4 Å². The molecule has 0 aliphatic rings. The van der Waals surface area contributed by atoms with Crippen LogP contribution in [0.5, 0.6) is 5.75 Å². The predicted molar refractivity (Wildman–Crippen MR) is 74.5 cm³/mol. The normalized spacial score (nSPS) is 11.4. The fourth-order valence-corrected chi connectivity index (χ4v) is 1.52. The Morgan fingerprint density at radius 3 is 2.06 bits per heavy atom. The van der Waals surface area contributed by atoms with Crippen molar-refractivity contribution in [3.05, 3.63) is 65.2 Å². The van der Waals surface area contributed by atoms with Crippen LogP contribution < -0.4 is 0 Å². The van der Waals surface area contributed by atoms with Crippen LogP contribution in [0.15, 0.2) is 58.7 Å². The summed E-state index contributed by atoms with van der Waals surface area (Å²) in [6.07, 6.45) is 3.23. The van der Waals surface area contributed by atoms with Crippen molar-refractivity contribution in [3.8, 4) is 5.75 Å². The topological polar surface area (TPSA) is 45.0 Å². The summed E-state index contributed by atoms with van der Waals surface area (Å²) in [7, 11) is 0. The highest BCUT2D eigenvalue weighted by molar-refractivity contribution is 5.85. The molecule has 18 heavy (non-hydrogen) atoms. The number of aryl methyl sites for hydroxylation is 1. The molecule has 0 heterocycles. The second-order valence-electron chi connectivity index (χ2n) is 3.90. The van der Waals surface area contributed by atoms with Crippen LogP contribution in [-0.2, 0) is 0 Å². The molecule has 3 nitrogen and oxygen atoms in total. The fraction of sp³-hybridized carbons (Fsp3) is 0.0667. The van der Waals surface area contributed by atoms with Crippen LogP contribution in [0.1, 0.15) is 16.7 Å². The number of hydrogen-bond donors (Lipinski definition) is 1. The summed E-state index contributed by atoms with van der Waals surface area (Å²) in [4.78, 5) is 0. The molecule has 0 radical (unpaired) electrons. The Morgan fingerprint density at radius 2 is 1.39 bits per heavy atom. The van der Waals surface area contributed by atoms with Gasteiger partial charge in [0.15, 0.2) is 0 Å². The molecule has 2 aromatic rings. The number of phenolic OH excluding ortho intramolecular Hbond substituents is 1. The van der Waals surface area contributed by atoms with E-state index >= 15 is 0 Å². The van der Waals surface area contributed by atoms with Gasteiger partial charge in [-0.3, -0.25) is 0 Å². The van der Waals surface area contributed by atoms with Gasteiger partial charge in [0.25, 0.3) is 0 Å². The van der Waals surface area contributed by atoms with Gasteiger partial charge in [-0.1, -0.05) is 36.4 Å². The van der Waals surface area contributed by atoms with Gasteiger partial charge in [0.1, 0.15) is 5.75 Å². The van der Waals surface area contributed by atoms with Crippen molar-refractivity contribution in [2.75, 3.05) is 0 Å². The van der Waals surface area contributed by atoms with Crippen LogP contribution in [-0.4, -0.2) is 17.5 Å². The quantitative estimate of drug-likeness (QED) is 0.648. The first kappa shape index (κ1) is 12.0. The van der Waals surface area contributed by atoms with Crippen molar-refractivity contribution in [3.63, 3.8) is 0 Å². The SMILES string of the molecule is Cc1ccccc1C=N/N=C/c1ccccc1O. The summed E-state index contributed by atoms with van der Waals surface area (Å²) in [5.74, 6) is 0.201. The molecule has 2 aromatic carbocycles. The van der Waals surface area contributed by atoms with Gasteiger partial charge in [0, 0.05) is 5.56 Å². The lowest BCUT2D eigenvalue weighted by atomic mass is 10.1. The zero-order valence-electron chi connectivity index (χ0n) is 10.1. The van der Waals surface area contributed by atoms with E-state index in [0.717, 1.165) is 11.1 Å². The Hall–Kier alpha value is -2.42. The third-order valence-electron chi connectivity index (χ3n) is 2.59. The Balaban J connectivity index is 2.08. The average Bonchev–Trinajstić information content (AvgIpc) is 2.38. The Kier molecular flexibility index (Phi) is 3.86. The van der Waals surface area contributed by atoms with Gasteiger partial charge in [-0.15, -0.1) is 0 Å². The molecule has 1 N–H and O–H groups in total. The first-order chi connectivity index (χ1) is 8.77. The van der Waals surface area contributed by atoms with E-state index in [1.165, 1.54) is 6.21 Å². The number of nitrogens with zero attached hydrogens (tertiary/aromatic N) is 2. The molecule has 0 saturated carbocycles. The number of para-hydroxylation sites is 1. The molecule has 0 aromatic heterocycles. The molecule has 0 amide bonds. The molecule has 0 spiro atoms. The number of benzene rings is 2. The van der Waals surface area contributed by atoms with E-state index in [-0.39, 0.29) is 5.75 Å². The molecule has 0 unspecified atom stereocenters. The number of rotatable bonds is 3. The highest BCUT2D eigenvalue weighted by Crippen LogP contribution is 2.12. The van der Waals surface area contributed by atoms with Gasteiger partial charge in [-0.2, -0.15) is 10.2 Å². The molecule has 2 rings (SSSR count). The van der Waals surface area contributed by atoms with Crippen molar-refractivity contribution in [1.29, 1.82) is 0 Å². The zero-order valence-corrected chi connectivity index (χ0v) is 10.1. The van der Waals surface area contributed by atoms with Crippen molar-refractivity contribution >= 4 is 12.4 Å². The first-order valence-electron chi connectivity index (χ1n) is 5.67. The molecular weight excluding hydrogens is 224 g/mol. The summed E-state index contributed by atoms with van der Waals surface area (Å²) in [5, 5.41) is 17.4. The number of aromatic hydroxyl groups is 1. The second kappa shape index (κ2) is 5.77. The fourth-order valence-electron chi connectivity index (χ4n) is 1.52. The highest BCUT2D eigenvalue weighted by atomic mass is 16.3. The molecule has 0 saturated heterocycles. The lowest BCUT2D eigenvalue weighted by molar-refractivity contribution is 0.474. The standard InChI is InChI=1S/C15H14N2O/c1-12-6-2-3-7-13(12)10-16-17-11-14-8-4-5-9-15(14)18/h2-11,18H,1H3/b16-10?,17-11+. The molecule has 0 aliphatic carbocycles. The van der Waals surface area contributed by atoms with E-state index < -0.39 is 0 Å². The predicted octanol–water partition coefficient (Wildman–Crippen LogP) is 3.15. The van der Waals surface area contributed by atoms with Gasteiger partial charge in [0.2, 0.25) is 0 Å². The third-order valence-corrected chi connectivity index (χ3v) is 2.59. The van der Waals surface area contributed by atoms with E-state index in [4.69, 9.17) is 0 Å². The Bertz CT molecular complexity index is 535. The van der Waals surface area contributed by atoms with Gasteiger partial charge in [0.05, 0.1) is 12.4 Å². The molecule has 0 bridgehead atoms. The minimum atomic E-state index is 0.201. The van der Waals surface area contributed by atoms with Crippen LogP contribution in [0.2, 0.25) is 0 Å². The van der Waals surface area contributed by atoms with Gasteiger partial charge >= 0.3 is 0 Å². The summed E-state index contributed by atoms with van der Waals surface area (Å²) in [5.41, 5.74) is 2.84. The van der Waals surface area contributed by atoms with Crippen molar-refractivity contribution in [2.24, 2.45) is 10.2 Å². The smallest absolute Gasteiger partial charge is 0.124 e. The molecule has 3 heteroatoms. The maximum absolute atomic E-state index is 9.53. The summed E-state index contributed by atoms with van der Waals surface area (Å²) >= 11 is 0. The molecular formula is C15H14N2O. The number of phenols is 1. The maximum Gasteiger partial charge on any atom is 0.124 e. The van der Waals surface area contributed by atoms with E-state index in [2.05, 4.69) is 10.2 Å². The van der Waals surface area contributed by atoms with Crippen LogP contribution >= 0.6 is 0 Å². The van der Waals surface area contributed by atoms with Crippen molar-refractivity contribution in [1.82, 2.24) is 0 Å². The lowest BCUT2D eigenvalue weighted by Gasteiger charge is -1.96. The van der Waals surface area contributed by atoms with Crippen LogP contribution in [0.4, 0.5) is 0 Å². The van der Waals surface area contributed by atoms with Crippen molar-refractivity contribution in [2.45, 2.75) is 6.92 Å². The zero-order chi connectivity index (χ0) is 12.8. The number of hydrogen-bond acceptors (Lipinski definition) is 3. The average molecular weight is 238 g/mol. The van der Waals surface area contributed by atoms with Crippen LogP contribution in [0.25, 0.3) is 0 Å². The molecule has 0 fully saturated rings. The van der Waals surface area contributed by atoms with Crippen LogP contribution in [0, 0.1) is 6.92 Å². The first-order valence-corrected chi connectivity index (χ1v) is 5.67. The Morgan fingerprint density at radius 1 is 0.833 bits per heavy atom. The van der Waals surface area contributed by atoms with Gasteiger partial charge in [-0.05, 0) is 30.2 Å². The van der Waals surface area contributed by atoms with E-state index in [9.17, 15) is 5.11 Å². The second-order valence-corrected chi connectivity index (χ2v) is 3.90. The van der Waals surface area contributed by atoms with Crippen molar-refractivity contribution < 1.29 is 5.11 Å². The van der Waals surface area contributed by atoms with Gasteiger partial charge < -0.3 is 5.11 Å². The summed E-state index contributed by atoms with van der Waals surface area (Å²) in [6, 6.07) is 14.9.